The largest absolute Gasteiger partial charge is 0.495 e. The Hall–Kier alpha value is -1.53. The average molecular weight is 256 g/mol. The number of nitrogens with one attached hydrogen (secondary N) is 1. The molecule has 0 heterocycles. The zero-order valence-corrected chi connectivity index (χ0v) is 10.6. The van der Waals surface area contributed by atoms with Crippen molar-refractivity contribution < 1.29 is 13.2 Å². The van der Waals surface area contributed by atoms with E-state index in [0.29, 0.717) is 11.4 Å². The van der Waals surface area contributed by atoms with Crippen LogP contribution in [-0.2, 0) is 10.0 Å². The van der Waals surface area contributed by atoms with Gasteiger partial charge in [0.25, 0.3) is 0 Å². The maximum absolute atomic E-state index is 11.9. The quantitative estimate of drug-likeness (QED) is 0.611. The lowest BCUT2D eigenvalue weighted by Gasteiger charge is -2.12. The van der Waals surface area contributed by atoms with Crippen LogP contribution in [0.4, 0.5) is 5.69 Å². The molecule has 17 heavy (non-hydrogen) atoms. The van der Waals surface area contributed by atoms with Gasteiger partial charge in [-0.05, 0) is 19.1 Å². The second-order valence-corrected chi connectivity index (χ2v) is 5.26. The third kappa shape index (κ3) is 3.21. The molecule has 0 bridgehead atoms. The van der Waals surface area contributed by atoms with E-state index in [9.17, 15) is 8.42 Å². The lowest BCUT2D eigenvalue weighted by atomic mass is 10.3. The van der Waals surface area contributed by atoms with E-state index in [1.807, 2.05) is 0 Å². The molecule has 1 rings (SSSR count). The van der Waals surface area contributed by atoms with Crippen molar-refractivity contribution in [3.05, 3.63) is 30.9 Å². The third-order valence-corrected chi connectivity index (χ3v) is 3.77. The van der Waals surface area contributed by atoms with Crippen molar-refractivity contribution >= 4 is 15.7 Å². The number of rotatable bonds is 5. The highest BCUT2D eigenvalue weighted by atomic mass is 32.2. The summed E-state index contributed by atoms with van der Waals surface area (Å²) < 4.78 is 31.3. The van der Waals surface area contributed by atoms with Gasteiger partial charge < -0.3 is 10.5 Å². The molecule has 3 N–H and O–H groups in total. The number of ether oxygens (including phenoxy) is 1. The first-order valence-electron chi connectivity index (χ1n) is 4.99. The number of nitrogen functional groups attached to an aromatic ring is 1. The number of nitrogens with two attached hydrogens (primary N) is 1. The number of hydrogen-bond donors (Lipinski definition) is 2. The summed E-state index contributed by atoms with van der Waals surface area (Å²) in [5.74, 6) is 0.333. The fourth-order valence-electron chi connectivity index (χ4n) is 1.22. The van der Waals surface area contributed by atoms with Gasteiger partial charge >= 0.3 is 0 Å². The number of sulfonamides is 1. The molecule has 1 atom stereocenters. The van der Waals surface area contributed by atoms with Crippen molar-refractivity contribution in [1.82, 2.24) is 4.72 Å². The lowest BCUT2D eigenvalue weighted by molar-refractivity contribution is 0.415. The van der Waals surface area contributed by atoms with Crippen LogP contribution in [0, 0.1) is 0 Å². The van der Waals surface area contributed by atoms with E-state index in [2.05, 4.69) is 11.3 Å². The van der Waals surface area contributed by atoms with Gasteiger partial charge in [0.05, 0.1) is 17.7 Å². The monoisotopic (exact) mass is 256 g/mol. The first-order chi connectivity index (χ1) is 7.90. The summed E-state index contributed by atoms with van der Waals surface area (Å²) in [6.45, 7) is 5.21. The van der Waals surface area contributed by atoms with Crippen LogP contribution in [0.3, 0.4) is 0 Å². The van der Waals surface area contributed by atoms with E-state index in [1.165, 1.54) is 31.4 Å². The molecule has 1 unspecified atom stereocenters. The van der Waals surface area contributed by atoms with Gasteiger partial charge in [-0.15, -0.1) is 6.58 Å². The molecule has 5 nitrogen and oxygen atoms in total. The molecule has 0 saturated carbocycles. The van der Waals surface area contributed by atoms with Gasteiger partial charge in [-0.1, -0.05) is 6.08 Å². The molecule has 1 aromatic rings. The van der Waals surface area contributed by atoms with E-state index >= 15 is 0 Å². The molecule has 94 valence electrons. The van der Waals surface area contributed by atoms with Crippen molar-refractivity contribution in [1.29, 1.82) is 0 Å². The number of methoxy groups -OCH3 is 1. The van der Waals surface area contributed by atoms with E-state index in [0.717, 1.165) is 0 Å². The second kappa shape index (κ2) is 5.20. The first kappa shape index (κ1) is 13.5. The van der Waals surface area contributed by atoms with Crippen LogP contribution < -0.4 is 15.2 Å². The van der Waals surface area contributed by atoms with Crippen LogP contribution in [0.5, 0.6) is 5.75 Å². The van der Waals surface area contributed by atoms with E-state index < -0.39 is 10.0 Å². The molecule has 6 heteroatoms. The maximum atomic E-state index is 11.9. The standard InChI is InChI=1S/C11H16N2O3S/c1-4-8(2)13-17(14,15)9-5-6-10(12)11(7-9)16-3/h4-8,13H,1,12H2,2-3H3. The summed E-state index contributed by atoms with van der Waals surface area (Å²) in [6.07, 6.45) is 1.51. The van der Waals surface area contributed by atoms with Gasteiger partial charge in [-0.25, -0.2) is 13.1 Å². The third-order valence-electron chi connectivity index (χ3n) is 2.21. The Kier molecular flexibility index (Phi) is 4.14. The summed E-state index contributed by atoms with van der Waals surface area (Å²) in [6, 6.07) is 3.96. The molecule has 0 aliphatic rings. The molecule has 1 aromatic carbocycles. The van der Waals surface area contributed by atoms with Gasteiger partial charge in [0.15, 0.2) is 0 Å². The number of hydrogen-bond acceptors (Lipinski definition) is 4. The van der Waals surface area contributed by atoms with E-state index in [1.54, 1.807) is 6.92 Å². The Morgan fingerprint density at radius 1 is 1.53 bits per heavy atom. The molecule has 0 amide bonds. The molecule has 0 saturated heterocycles. The predicted molar refractivity (Wildman–Crippen MR) is 67.4 cm³/mol. The SMILES string of the molecule is C=CC(C)NS(=O)(=O)c1ccc(N)c(OC)c1. The van der Waals surface area contributed by atoms with Gasteiger partial charge in [-0.2, -0.15) is 0 Å². The highest BCUT2D eigenvalue weighted by Gasteiger charge is 2.17. The predicted octanol–water partition coefficient (Wildman–Crippen LogP) is 1.13. The fraction of sp³-hybridized carbons (Fsp3) is 0.273. The minimum atomic E-state index is -3.58. The van der Waals surface area contributed by atoms with Gasteiger partial charge in [0, 0.05) is 12.1 Å². The Balaban J connectivity index is 3.11. The van der Waals surface area contributed by atoms with Gasteiger partial charge in [-0.3, -0.25) is 0 Å². The fourth-order valence-corrected chi connectivity index (χ4v) is 2.45. The molecule has 0 spiro atoms. The molecule has 0 aromatic heterocycles. The van der Waals surface area contributed by atoms with Gasteiger partial charge in [0.1, 0.15) is 5.75 Å². The van der Waals surface area contributed by atoms with E-state index in [4.69, 9.17) is 10.5 Å². The summed E-state index contributed by atoms with van der Waals surface area (Å²) in [5.41, 5.74) is 6.01. The Morgan fingerprint density at radius 2 is 2.18 bits per heavy atom. The van der Waals surface area contributed by atoms with E-state index in [-0.39, 0.29) is 10.9 Å². The van der Waals surface area contributed by atoms with Crippen molar-refractivity contribution in [2.45, 2.75) is 17.9 Å². The maximum Gasteiger partial charge on any atom is 0.241 e. The summed E-state index contributed by atoms with van der Waals surface area (Å²) in [4.78, 5) is 0.109. The van der Waals surface area contributed by atoms with Gasteiger partial charge in [0.2, 0.25) is 10.0 Å². The van der Waals surface area contributed by atoms with Crippen LogP contribution in [0.2, 0.25) is 0 Å². The molecular formula is C11H16N2O3S. The van der Waals surface area contributed by atoms with Crippen LogP contribution in [0.1, 0.15) is 6.92 Å². The Bertz CT molecular complexity index is 511. The van der Waals surface area contributed by atoms with Crippen LogP contribution >= 0.6 is 0 Å². The number of anilines is 1. The normalized spacial score (nSPS) is 13.1. The van der Waals surface area contributed by atoms with Crippen LogP contribution in [0.15, 0.2) is 35.7 Å². The lowest BCUT2D eigenvalue weighted by Crippen LogP contribution is -2.30. The molecule has 0 aliphatic heterocycles. The minimum absolute atomic E-state index is 0.109. The molecular weight excluding hydrogens is 240 g/mol. The van der Waals surface area contributed by atoms with Crippen molar-refractivity contribution in [3.8, 4) is 5.75 Å². The zero-order chi connectivity index (χ0) is 13.1. The van der Waals surface area contributed by atoms with Crippen LogP contribution in [-0.4, -0.2) is 21.6 Å². The number of benzene rings is 1. The summed E-state index contributed by atoms with van der Waals surface area (Å²) >= 11 is 0. The summed E-state index contributed by atoms with van der Waals surface area (Å²) in [7, 11) is -2.15. The first-order valence-corrected chi connectivity index (χ1v) is 6.47. The molecule has 0 aliphatic carbocycles. The van der Waals surface area contributed by atoms with Crippen molar-refractivity contribution in [2.75, 3.05) is 12.8 Å². The zero-order valence-electron chi connectivity index (χ0n) is 9.80. The molecule has 0 fully saturated rings. The second-order valence-electron chi connectivity index (χ2n) is 3.55. The molecule has 0 radical (unpaired) electrons. The van der Waals surface area contributed by atoms with Crippen LogP contribution in [0.25, 0.3) is 0 Å². The summed E-state index contributed by atoms with van der Waals surface area (Å²) in [5, 5.41) is 0. The topological polar surface area (TPSA) is 81.4 Å². The Labute approximate surface area is 101 Å². The minimum Gasteiger partial charge on any atom is -0.495 e. The average Bonchev–Trinajstić information content (AvgIpc) is 2.28. The van der Waals surface area contributed by atoms with Crippen molar-refractivity contribution in [3.63, 3.8) is 0 Å². The smallest absolute Gasteiger partial charge is 0.241 e. The highest BCUT2D eigenvalue weighted by molar-refractivity contribution is 7.89. The Morgan fingerprint density at radius 3 is 2.71 bits per heavy atom. The van der Waals surface area contributed by atoms with Crippen molar-refractivity contribution in [2.24, 2.45) is 0 Å². The highest BCUT2D eigenvalue weighted by Crippen LogP contribution is 2.24.